The third-order valence-electron chi connectivity index (χ3n) is 3.05. The Bertz CT molecular complexity index is 553. The summed E-state index contributed by atoms with van der Waals surface area (Å²) in [6.07, 6.45) is 3.39. The zero-order valence-electron chi connectivity index (χ0n) is 10.9. The van der Waals surface area contributed by atoms with Crippen LogP contribution in [0.25, 0.3) is 0 Å². The molecule has 1 aromatic heterocycles. The van der Waals surface area contributed by atoms with Crippen LogP contribution in [0.15, 0.2) is 30.7 Å². The molecule has 2 aromatic rings. The van der Waals surface area contributed by atoms with E-state index in [0.717, 1.165) is 16.7 Å². The first-order valence-electron chi connectivity index (χ1n) is 5.94. The lowest BCUT2D eigenvalue weighted by atomic mass is 9.95. The molecule has 3 nitrogen and oxygen atoms in total. The van der Waals surface area contributed by atoms with Gasteiger partial charge in [0.15, 0.2) is 5.78 Å². The molecule has 92 valence electrons. The second kappa shape index (κ2) is 5.08. The van der Waals surface area contributed by atoms with Gasteiger partial charge in [-0.15, -0.1) is 0 Å². The Balaban J connectivity index is 2.28. The normalized spacial score (nSPS) is 10.4. The summed E-state index contributed by atoms with van der Waals surface area (Å²) >= 11 is 0. The highest BCUT2D eigenvalue weighted by Gasteiger charge is 2.12. The van der Waals surface area contributed by atoms with Gasteiger partial charge in [0.25, 0.3) is 0 Å². The maximum absolute atomic E-state index is 12.1. The second-order valence-corrected chi connectivity index (χ2v) is 4.57. The van der Waals surface area contributed by atoms with Crippen molar-refractivity contribution in [2.45, 2.75) is 27.2 Å². The van der Waals surface area contributed by atoms with E-state index < -0.39 is 0 Å². The summed E-state index contributed by atoms with van der Waals surface area (Å²) in [5.41, 5.74) is 5.13. The predicted molar refractivity (Wildman–Crippen MR) is 70.7 cm³/mol. The molecule has 0 saturated heterocycles. The Kier molecular flexibility index (Phi) is 3.51. The SMILES string of the molecule is Cc1cc(C)c(CC(=O)c2ccncn2)c(C)c1. The fraction of sp³-hybridized carbons (Fsp3) is 0.267. The van der Waals surface area contributed by atoms with E-state index in [1.165, 1.54) is 11.9 Å². The van der Waals surface area contributed by atoms with Gasteiger partial charge >= 0.3 is 0 Å². The van der Waals surface area contributed by atoms with Crippen molar-refractivity contribution in [2.75, 3.05) is 0 Å². The molecular formula is C15H16N2O. The number of Topliss-reactive ketones (excluding diaryl/α,β-unsaturated/α-hetero) is 1. The van der Waals surface area contributed by atoms with Crippen LogP contribution in [-0.2, 0) is 6.42 Å². The van der Waals surface area contributed by atoms with E-state index in [4.69, 9.17) is 0 Å². The van der Waals surface area contributed by atoms with Crippen molar-refractivity contribution in [2.24, 2.45) is 0 Å². The highest BCUT2D eigenvalue weighted by atomic mass is 16.1. The zero-order valence-corrected chi connectivity index (χ0v) is 10.9. The molecule has 0 atom stereocenters. The van der Waals surface area contributed by atoms with E-state index in [1.54, 1.807) is 12.3 Å². The fourth-order valence-corrected chi connectivity index (χ4v) is 2.20. The van der Waals surface area contributed by atoms with Gasteiger partial charge < -0.3 is 0 Å². The number of hydrogen-bond acceptors (Lipinski definition) is 3. The second-order valence-electron chi connectivity index (χ2n) is 4.57. The van der Waals surface area contributed by atoms with Crippen LogP contribution in [0.3, 0.4) is 0 Å². The van der Waals surface area contributed by atoms with E-state index in [2.05, 4.69) is 29.0 Å². The first-order valence-corrected chi connectivity index (χ1v) is 5.94. The van der Waals surface area contributed by atoms with Crippen molar-refractivity contribution in [3.63, 3.8) is 0 Å². The van der Waals surface area contributed by atoms with Crippen LogP contribution < -0.4 is 0 Å². The highest BCUT2D eigenvalue weighted by molar-refractivity contribution is 5.95. The molecule has 0 bridgehead atoms. The van der Waals surface area contributed by atoms with Gasteiger partial charge in [0.05, 0.1) is 0 Å². The van der Waals surface area contributed by atoms with Crippen LogP contribution in [-0.4, -0.2) is 15.8 Å². The lowest BCUT2D eigenvalue weighted by Crippen LogP contribution is -2.08. The van der Waals surface area contributed by atoms with Crippen LogP contribution >= 0.6 is 0 Å². The molecule has 0 unspecified atom stereocenters. The number of benzene rings is 1. The Morgan fingerprint density at radius 1 is 1.17 bits per heavy atom. The molecular weight excluding hydrogens is 224 g/mol. The summed E-state index contributed by atoms with van der Waals surface area (Å²) in [5, 5.41) is 0. The summed E-state index contributed by atoms with van der Waals surface area (Å²) < 4.78 is 0. The van der Waals surface area contributed by atoms with Gasteiger partial charge in [-0.25, -0.2) is 9.97 Å². The van der Waals surface area contributed by atoms with Gasteiger partial charge in [-0.2, -0.15) is 0 Å². The number of carbonyl (C=O) groups is 1. The average Bonchev–Trinajstić information content (AvgIpc) is 2.34. The number of hydrogen-bond donors (Lipinski definition) is 0. The van der Waals surface area contributed by atoms with E-state index in [-0.39, 0.29) is 5.78 Å². The minimum atomic E-state index is 0.0347. The molecule has 0 aliphatic carbocycles. The molecule has 1 aromatic carbocycles. The van der Waals surface area contributed by atoms with Crippen molar-refractivity contribution in [3.05, 3.63) is 58.7 Å². The maximum atomic E-state index is 12.1. The molecule has 2 rings (SSSR count). The molecule has 0 radical (unpaired) electrons. The lowest BCUT2D eigenvalue weighted by molar-refractivity contribution is 0.0987. The first-order chi connectivity index (χ1) is 8.58. The van der Waals surface area contributed by atoms with E-state index in [0.29, 0.717) is 12.1 Å². The topological polar surface area (TPSA) is 42.9 Å². The number of nitrogens with zero attached hydrogens (tertiary/aromatic N) is 2. The van der Waals surface area contributed by atoms with Crippen molar-refractivity contribution in [1.82, 2.24) is 9.97 Å². The molecule has 0 amide bonds. The fourth-order valence-electron chi connectivity index (χ4n) is 2.20. The number of aromatic nitrogens is 2. The van der Waals surface area contributed by atoms with Crippen molar-refractivity contribution in [1.29, 1.82) is 0 Å². The molecule has 0 fully saturated rings. The maximum Gasteiger partial charge on any atom is 0.185 e. The third kappa shape index (κ3) is 2.62. The molecule has 18 heavy (non-hydrogen) atoms. The molecule has 0 spiro atoms. The number of ketones is 1. The van der Waals surface area contributed by atoms with Crippen molar-refractivity contribution < 1.29 is 4.79 Å². The van der Waals surface area contributed by atoms with Gasteiger partial charge in [-0.05, 0) is 43.5 Å². The van der Waals surface area contributed by atoms with Crippen molar-refractivity contribution >= 4 is 5.78 Å². The Hall–Kier alpha value is -2.03. The van der Waals surface area contributed by atoms with Gasteiger partial charge in [-0.3, -0.25) is 4.79 Å². The molecule has 0 aliphatic heterocycles. The largest absolute Gasteiger partial charge is 0.292 e. The summed E-state index contributed by atoms with van der Waals surface area (Å²) in [7, 11) is 0. The predicted octanol–water partition coefficient (Wildman–Crippen LogP) is 2.83. The van der Waals surface area contributed by atoms with Crippen molar-refractivity contribution in [3.8, 4) is 0 Å². The molecule has 0 aliphatic rings. The van der Waals surface area contributed by atoms with Crippen LogP contribution in [0, 0.1) is 20.8 Å². The highest BCUT2D eigenvalue weighted by Crippen LogP contribution is 2.18. The van der Waals surface area contributed by atoms with Crippen LogP contribution in [0.4, 0.5) is 0 Å². The number of aryl methyl sites for hydroxylation is 3. The van der Waals surface area contributed by atoms with Gasteiger partial charge in [0.1, 0.15) is 12.0 Å². The van der Waals surface area contributed by atoms with Gasteiger partial charge in [0, 0.05) is 12.6 Å². The summed E-state index contributed by atoms with van der Waals surface area (Å²) in [4.78, 5) is 19.9. The van der Waals surface area contributed by atoms with E-state index in [1.807, 2.05) is 13.8 Å². The molecule has 1 heterocycles. The van der Waals surface area contributed by atoms with Gasteiger partial charge in [0.2, 0.25) is 0 Å². The third-order valence-corrected chi connectivity index (χ3v) is 3.05. The summed E-state index contributed by atoms with van der Waals surface area (Å²) in [6.45, 7) is 6.15. The minimum absolute atomic E-state index is 0.0347. The monoisotopic (exact) mass is 240 g/mol. The smallest absolute Gasteiger partial charge is 0.185 e. The van der Waals surface area contributed by atoms with Gasteiger partial charge in [-0.1, -0.05) is 17.7 Å². The lowest BCUT2D eigenvalue weighted by Gasteiger charge is -2.10. The minimum Gasteiger partial charge on any atom is -0.292 e. The standard InChI is InChI=1S/C15H16N2O/c1-10-6-11(2)13(12(3)7-10)8-15(18)14-4-5-16-9-17-14/h4-7,9H,8H2,1-3H3. The number of carbonyl (C=O) groups excluding carboxylic acids is 1. The molecule has 0 saturated carbocycles. The Morgan fingerprint density at radius 3 is 2.39 bits per heavy atom. The summed E-state index contributed by atoms with van der Waals surface area (Å²) in [6, 6.07) is 5.87. The number of rotatable bonds is 3. The van der Waals surface area contributed by atoms with Crippen LogP contribution in [0.1, 0.15) is 32.7 Å². The Labute approximate surface area is 107 Å². The zero-order chi connectivity index (χ0) is 13.1. The van der Waals surface area contributed by atoms with E-state index in [9.17, 15) is 4.79 Å². The first kappa shape index (κ1) is 12.4. The molecule has 3 heteroatoms. The Morgan fingerprint density at radius 2 is 1.83 bits per heavy atom. The molecule has 0 N–H and O–H groups in total. The summed E-state index contributed by atoms with van der Waals surface area (Å²) in [5.74, 6) is 0.0347. The van der Waals surface area contributed by atoms with Crippen LogP contribution in [0.2, 0.25) is 0 Å². The van der Waals surface area contributed by atoms with E-state index >= 15 is 0 Å². The van der Waals surface area contributed by atoms with Crippen LogP contribution in [0.5, 0.6) is 0 Å². The quantitative estimate of drug-likeness (QED) is 0.775. The average molecular weight is 240 g/mol.